The summed E-state index contributed by atoms with van der Waals surface area (Å²) in [7, 11) is 1.72. The van der Waals surface area contributed by atoms with Gasteiger partial charge in [0.15, 0.2) is 0 Å². The molecule has 0 N–H and O–H groups in total. The molecule has 1 aliphatic heterocycles. The fourth-order valence-corrected chi connectivity index (χ4v) is 3.06. The molecule has 21 heavy (non-hydrogen) atoms. The van der Waals surface area contributed by atoms with E-state index in [0.717, 1.165) is 5.70 Å². The van der Waals surface area contributed by atoms with Crippen LogP contribution >= 0.6 is 0 Å². The molecule has 0 spiro atoms. The maximum Gasteiger partial charge on any atom is 0.423 e. The van der Waals surface area contributed by atoms with E-state index in [1.54, 1.807) is 32.7 Å². The number of likely N-dealkylation sites (tertiary alicyclic amines) is 1. The third-order valence-corrected chi connectivity index (χ3v) is 3.98. The molecule has 0 radical (unpaired) electrons. The zero-order chi connectivity index (χ0) is 16.2. The number of carbonyl (C=O) groups excluding carboxylic acids is 1. The second-order valence-electron chi connectivity index (χ2n) is 6.65. The van der Waals surface area contributed by atoms with Crippen molar-refractivity contribution < 1.29 is 22.7 Å². The first-order valence-electron chi connectivity index (χ1n) is 6.87. The van der Waals surface area contributed by atoms with Gasteiger partial charge < -0.3 is 9.64 Å². The molecular formula is C15H20F3NO2. The number of nitrogens with zero attached hydrogens (tertiary/aromatic N) is 1. The number of ether oxygens (including phenoxy) is 1. The maximum absolute atomic E-state index is 13.3. The molecule has 2 aliphatic rings. The van der Waals surface area contributed by atoms with E-state index < -0.39 is 29.4 Å². The van der Waals surface area contributed by atoms with Crippen molar-refractivity contribution in [2.75, 3.05) is 7.05 Å². The van der Waals surface area contributed by atoms with Crippen LogP contribution in [0.5, 0.6) is 0 Å². The Bertz CT molecular complexity index is 510. The molecule has 3 nitrogen and oxygen atoms in total. The van der Waals surface area contributed by atoms with Crippen LogP contribution in [0, 0.1) is 5.92 Å². The molecule has 0 aromatic carbocycles. The SMILES string of the molecule is C=C1C2C/C(=C(/C(=O)OC(C)(C)C)C(F)(F)F)C(C2)N1C. The molecule has 118 valence electrons. The van der Waals surface area contributed by atoms with Gasteiger partial charge in [0.05, 0.1) is 6.04 Å². The highest BCUT2D eigenvalue weighted by atomic mass is 19.4. The average Bonchev–Trinajstić information content (AvgIpc) is 2.76. The molecule has 0 aromatic rings. The van der Waals surface area contributed by atoms with Gasteiger partial charge >= 0.3 is 12.1 Å². The first-order chi connectivity index (χ1) is 9.42. The van der Waals surface area contributed by atoms with Crippen molar-refractivity contribution in [3.05, 3.63) is 23.4 Å². The molecule has 1 aliphatic carbocycles. The lowest BCUT2D eigenvalue weighted by molar-refractivity contribution is -0.161. The van der Waals surface area contributed by atoms with Crippen LogP contribution in [0.1, 0.15) is 33.6 Å². The molecule has 2 unspecified atom stereocenters. The number of carbonyl (C=O) groups is 1. The van der Waals surface area contributed by atoms with Gasteiger partial charge in [0.25, 0.3) is 0 Å². The molecule has 0 amide bonds. The summed E-state index contributed by atoms with van der Waals surface area (Å²) < 4.78 is 45.0. The Balaban J connectivity index is 2.41. The minimum absolute atomic E-state index is 0.00483. The summed E-state index contributed by atoms with van der Waals surface area (Å²) in [6, 6.07) is -0.397. The molecule has 2 rings (SSSR count). The molecule has 1 saturated heterocycles. The Morgan fingerprint density at radius 2 is 1.90 bits per heavy atom. The second kappa shape index (κ2) is 4.78. The fraction of sp³-hybridized carbons (Fsp3) is 0.667. The van der Waals surface area contributed by atoms with Gasteiger partial charge in [0, 0.05) is 18.7 Å². The standard InChI is InChI=1S/C15H20F3NO2/c1-8-9-6-10(11(7-9)19(8)5)12(15(16,17)18)13(20)21-14(2,3)4/h9,11H,1,6-7H2,2-5H3/b12-10+. The Morgan fingerprint density at radius 1 is 1.33 bits per heavy atom. The van der Waals surface area contributed by atoms with Gasteiger partial charge in [-0.25, -0.2) is 4.79 Å². The largest absolute Gasteiger partial charge is 0.456 e. The van der Waals surface area contributed by atoms with E-state index in [9.17, 15) is 18.0 Å². The highest BCUT2D eigenvalue weighted by molar-refractivity contribution is 5.91. The lowest BCUT2D eigenvalue weighted by atomic mass is 9.97. The maximum atomic E-state index is 13.3. The fourth-order valence-electron chi connectivity index (χ4n) is 3.06. The van der Waals surface area contributed by atoms with Crippen molar-refractivity contribution in [2.24, 2.45) is 5.92 Å². The number of halogens is 3. The van der Waals surface area contributed by atoms with Crippen LogP contribution in [0.15, 0.2) is 23.4 Å². The molecular weight excluding hydrogens is 283 g/mol. The molecule has 2 fully saturated rings. The second-order valence-corrected chi connectivity index (χ2v) is 6.65. The summed E-state index contributed by atoms with van der Waals surface area (Å²) in [5.74, 6) is -1.29. The Labute approximate surface area is 122 Å². The summed E-state index contributed by atoms with van der Waals surface area (Å²) in [5.41, 5.74) is -1.11. The summed E-state index contributed by atoms with van der Waals surface area (Å²) in [5, 5.41) is 0. The van der Waals surface area contributed by atoms with Gasteiger partial charge in [-0.1, -0.05) is 6.58 Å². The van der Waals surface area contributed by atoms with Gasteiger partial charge in [-0.2, -0.15) is 13.2 Å². The minimum atomic E-state index is -4.70. The predicted molar refractivity (Wildman–Crippen MR) is 72.3 cm³/mol. The normalized spacial score (nSPS) is 28.1. The predicted octanol–water partition coefficient (Wildman–Crippen LogP) is 3.42. The van der Waals surface area contributed by atoms with E-state index in [0.29, 0.717) is 6.42 Å². The van der Waals surface area contributed by atoms with E-state index in [-0.39, 0.29) is 17.9 Å². The van der Waals surface area contributed by atoms with Crippen molar-refractivity contribution in [3.8, 4) is 0 Å². The Kier molecular flexibility index (Phi) is 3.62. The number of hydrogen-bond acceptors (Lipinski definition) is 3. The van der Waals surface area contributed by atoms with Crippen molar-refractivity contribution >= 4 is 5.97 Å². The third-order valence-electron chi connectivity index (χ3n) is 3.98. The molecule has 0 aromatic heterocycles. The smallest absolute Gasteiger partial charge is 0.423 e. The van der Waals surface area contributed by atoms with Gasteiger partial charge in [-0.3, -0.25) is 0 Å². The lowest BCUT2D eigenvalue weighted by Crippen LogP contribution is -2.35. The number of fused-ring (bicyclic) bond motifs is 2. The number of esters is 1. The van der Waals surface area contributed by atoms with E-state index in [1.807, 2.05) is 0 Å². The first-order valence-corrected chi connectivity index (χ1v) is 6.87. The van der Waals surface area contributed by atoms with E-state index >= 15 is 0 Å². The average molecular weight is 303 g/mol. The lowest BCUT2D eigenvalue weighted by Gasteiger charge is -2.31. The summed E-state index contributed by atoms with van der Waals surface area (Å²) in [4.78, 5) is 13.8. The quantitative estimate of drug-likeness (QED) is 0.549. The van der Waals surface area contributed by atoms with Crippen LogP contribution in [-0.4, -0.2) is 35.7 Å². The number of hydrogen-bond donors (Lipinski definition) is 0. The molecule has 2 atom stereocenters. The number of allylic oxidation sites excluding steroid dienone is 1. The number of alkyl halides is 3. The van der Waals surface area contributed by atoms with Crippen molar-refractivity contribution in [1.29, 1.82) is 0 Å². The van der Waals surface area contributed by atoms with Crippen LogP contribution in [0.3, 0.4) is 0 Å². The monoisotopic (exact) mass is 303 g/mol. The van der Waals surface area contributed by atoms with E-state index in [4.69, 9.17) is 4.74 Å². The summed E-state index contributed by atoms with van der Waals surface area (Å²) in [6.45, 7) is 8.55. The highest BCUT2D eigenvalue weighted by Gasteiger charge is 2.51. The first kappa shape index (κ1) is 15.9. The Morgan fingerprint density at radius 3 is 2.29 bits per heavy atom. The van der Waals surface area contributed by atoms with E-state index in [2.05, 4.69) is 6.58 Å². The van der Waals surface area contributed by atoms with Crippen molar-refractivity contribution in [3.63, 3.8) is 0 Å². The summed E-state index contributed by atoms with van der Waals surface area (Å²) >= 11 is 0. The molecule has 1 saturated carbocycles. The zero-order valence-corrected chi connectivity index (χ0v) is 12.7. The zero-order valence-electron chi connectivity index (χ0n) is 12.7. The Hall–Kier alpha value is -1.46. The van der Waals surface area contributed by atoms with Gasteiger partial charge in [0.1, 0.15) is 11.2 Å². The molecule has 6 heteroatoms. The third kappa shape index (κ3) is 2.94. The highest BCUT2D eigenvalue weighted by Crippen LogP contribution is 2.49. The minimum Gasteiger partial charge on any atom is -0.456 e. The van der Waals surface area contributed by atoms with Crippen LogP contribution < -0.4 is 0 Å². The van der Waals surface area contributed by atoms with Gasteiger partial charge in [-0.05, 0) is 39.2 Å². The molecule has 2 bridgehead atoms. The van der Waals surface area contributed by atoms with Crippen LogP contribution in [0.2, 0.25) is 0 Å². The van der Waals surface area contributed by atoms with Gasteiger partial charge in [-0.15, -0.1) is 0 Å². The molecule has 1 heterocycles. The van der Waals surface area contributed by atoms with Crippen molar-refractivity contribution in [2.45, 2.75) is 51.4 Å². The topological polar surface area (TPSA) is 29.5 Å². The van der Waals surface area contributed by atoms with Crippen LogP contribution in [0.25, 0.3) is 0 Å². The van der Waals surface area contributed by atoms with E-state index in [1.165, 1.54) is 0 Å². The number of rotatable bonds is 1. The number of piperidine rings is 1. The van der Waals surface area contributed by atoms with Crippen molar-refractivity contribution in [1.82, 2.24) is 4.90 Å². The van der Waals surface area contributed by atoms with Crippen LogP contribution in [-0.2, 0) is 9.53 Å². The van der Waals surface area contributed by atoms with Crippen LogP contribution in [0.4, 0.5) is 13.2 Å². The van der Waals surface area contributed by atoms with Gasteiger partial charge in [0.2, 0.25) is 0 Å². The number of likely N-dealkylation sites (N-methyl/N-ethyl adjacent to an activating group) is 1. The summed E-state index contributed by atoms with van der Waals surface area (Å²) in [6.07, 6.45) is -3.88.